The van der Waals surface area contributed by atoms with Crippen LogP contribution in [0, 0.1) is 11.8 Å². The number of benzene rings is 1. The molecule has 4 N–H and O–H groups in total. The quantitative estimate of drug-likeness (QED) is 0.705. The highest BCUT2D eigenvalue weighted by Gasteiger charge is 2.58. The van der Waals surface area contributed by atoms with Gasteiger partial charge >= 0.3 is 11.9 Å². The zero-order valence-corrected chi connectivity index (χ0v) is 14.0. The Morgan fingerprint density at radius 3 is 2.73 bits per heavy atom. The molecule has 1 saturated carbocycles. The fraction of sp³-hybridized carbons (Fsp3) is 0.300. The molecule has 134 valence electrons. The number of nitrogens with two attached hydrogens (primary N) is 1. The van der Waals surface area contributed by atoms with E-state index in [1.807, 2.05) is 42.5 Å². The average molecular weight is 353 g/mol. The zero-order chi connectivity index (χ0) is 18.5. The van der Waals surface area contributed by atoms with Crippen LogP contribution in [0.1, 0.15) is 12.8 Å². The first-order valence-corrected chi connectivity index (χ1v) is 8.49. The Bertz CT molecular complexity index is 976. The zero-order valence-electron chi connectivity index (χ0n) is 14.0. The molecule has 4 rings (SSSR count). The van der Waals surface area contributed by atoms with Crippen LogP contribution in [0.4, 0.5) is 0 Å². The summed E-state index contributed by atoms with van der Waals surface area (Å²) in [4.78, 5) is 23.1. The van der Waals surface area contributed by atoms with Gasteiger partial charge < -0.3 is 20.7 Å². The summed E-state index contributed by atoms with van der Waals surface area (Å²) < 4.78 is 5.87. The van der Waals surface area contributed by atoms with E-state index in [1.54, 1.807) is 6.26 Å². The van der Waals surface area contributed by atoms with Gasteiger partial charge in [0.2, 0.25) is 0 Å². The lowest BCUT2D eigenvalue weighted by Crippen LogP contribution is -2.52. The van der Waals surface area contributed by atoms with E-state index in [1.165, 1.54) is 0 Å². The van der Waals surface area contributed by atoms with E-state index in [9.17, 15) is 14.7 Å². The number of carboxylic acids is 2. The molecule has 1 fully saturated rings. The minimum absolute atomic E-state index is 0.0469. The third kappa shape index (κ3) is 2.54. The summed E-state index contributed by atoms with van der Waals surface area (Å²) in [6, 6.07) is 7.83. The van der Waals surface area contributed by atoms with Crippen molar-refractivity contribution in [2.45, 2.75) is 24.5 Å². The van der Waals surface area contributed by atoms with E-state index in [0.29, 0.717) is 0 Å². The molecule has 0 bridgehead atoms. The molecule has 3 aliphatic rings. The van der Waals surface area contributed by atoms with Crippen molar-refractivity contribution in [2.75, 3.05) is 0 Å². The van der Waals surface area contributed by atoms with E-state index in [0.717, 1.165) is 21.6 Å². The second-order valence-electron chi connectivity index (χ2n) is 7.09. The van der Waals surface area contributed by atoms with Gasteiger partial charge in [-0.1, -0.05) is 42.5 Å². The summed E-state index contributed by atoms with van der Waals surface area (Å²) in [6.07, 6.45) is 7.24. The summed E-state index contributed by atoms with van der Waals surface area (Å²) >= 11 is 0. The van der Waals surface area contributed by atoms with Crippen LogP contribution in [-0.4, -0.2) is 33.8 Å². The maximum Gasteiger partial charge on any atom is 0.324 e. The smallest absolute Gasteiger partial charge is 0.324 e. The molecule has 1 aromatic rings. The number of hydrogen-bond donors (Lipinski definition) is 3. The predicted molar refractivity (Wildman–Crippen MR) is 94.1 cm³/mol. The number of fused-ring (bicyclic) bond motifs is 2. The van der Waals surface area contributed by atoms with Crippen LogP contribution in [0.5, 0.6) is 0 Å². The fourth-order valence-electron chi connectivity index (χ4n) is 3.94. The van der Waals surface area contributed by atoms with Gasteiger partial charge in [-0.25, -0.2) is 0 Å². The summed E-state index contributed by atoms with van der Waals surface area (Å²) in [5.41, 5.74) is 6.30. The van der Waals surface area contributed by atoms with E-state index in [-0.39, 0.29) is 12.8 Å². The lowest BCUT2D eigenvalue weighted by atomic mass is 9.80. The maximum absolute atomic E-state index is 11.9. The van der Waals surface area contributed by atoms with Gasteiger partial charge in [-0.3, -0.25) is 9.59 Å². The molecular weight excluding hydrogens is 334 g/mol. The number of carboxylic acid groups (broad SMARTS) is 2. The van der Waals surface area contributed by atoms with E-state index in [4.69, 9.17) is 15.6 Å². The third-order valence-corrected chi connectivity index (χ3v) is 5.47. The van der Waals surface area contributed by atoms with Gasteiger partial charge in [-0.05, 0) is 17.2 Å². The molecule has 0 saturated heterocycles. The normalized spacial score (nSPS) is 27.8. The molecule has 2 aliphatic carbocycles. The first-order valence-electron chi connectivity index (χ1n) is 8.49. The number of ether oxygens (including phenoxy) is 1. The standard InChI is InChI=1S/C20H19NO5/c21-20(19(24)25,16-8-15(16)18(22)23)9-11-5-3-7-14-13-6-2-1-4-12(13)10-26-17(11)14/h1-7,10,15-17H,8-9,21H2,(H,22,23)(H,24,25)/t15-,16-,17?,20?/m1/s1. The largest absolute Gasteiger partial charge is 0.488 e. The Morgan fingerprint density at radius 2 is 2.04 bits per heavy atom. The Morgan fingerprint density at radius 1 is 1.27 bits per heavy atom. The molecule has 2 unspecified atom stereocenters. The van der Waals surface area contributed by atoms with Gasteiger partial charge in [0.15, 0.2) is 0 Å². The van der Waals surface area contributed by atoms with Gasteiger partial charge in [-0.15, -0.1) is 0 Å². The number of hydrogen-bond acceptors (Lipinski definition) is 4. The highest BCUT2D eigenvalue weighted by atomic mass is 16.5. The van der Waals surface area contributed by atoms with Crippen LogP contribution < -0.4 is 16.2 Å². The SMILES string of the molecule is NC(CC1=CC=CC2=c3ccccc3=COC12)(C(=O)O)[C@@H]1C[C@H]1C(=O)O. The molecule has 1 heterocycles. The molecule has 1 aromatic carbocycles. The van der Waals surface area contributed by atoms with Gasteiger partial charge in [-0.2, -0.15) is 0 Å². The molecular formula is C20H19NO5. The van der Waals surface area contributed by atoms with Crippen LogP contribution in [-0.2, 0) is 14.3 Å². The van der Waals surface area contributed by atoms with Crippen molar-refractivity contribution in [1.29, 1.82) is 0 Å². The lowest BCUT2D eigenvalue weighted by molar-refractivity contribution is -0.145. The summed E-state index contributed by atoms with van der Waals surface area (Å²) in [7, 11) is 0. The maximum atomic E-state index is 11.9. The minimum atomic E-state index is -1.62. The number of rotatable bonds is 5. The minimum Gasteiger partial charge on any atom is -0.488 e. The second kappa shape index (κ2) is 5.85. The van der Waals surface area contributed by atoms with Gasteiger partial charge in [0, 0.05) is 23.1 Å². The van der Waals surface area contributed by atoms with E-state index < -0.39 is 35.4 Å². The molecule has 6 heteroatoms. The van der Waals surface area contributed by atoms with Crippen molar-refractivity contribution in [2.24, 2.45) is 17.6 Å². The number of aliphatic carboxylic acids is 2. The van der Waals surface area contributed by atoms with E-state index >= 15 is 0 Å². The molecule has 0 radical (unpaired) electrons. The number of carbonyl (C=O) groups is 2. The first kappa shape index (κ1) is 16.6. The van der Waals surface area contributed by atoms with Crippen molar-refractivity contribution >= 4 is 23.8 Å². The third-order valence-electron chi connectivity index (χ3n) is 5.47. The highest BCUT2D eigenvalue weighted by Crippen LogP contribution is 2.48. The van der Waals surface area contributed by atoms with Crippen LogP contribution in [0.2, 0.25) is 0 Å². The van der Waals surface area contributed by atoms with Gasteiger partial charge in [0.05, 0.1) is 12.2 Å². The molecule has 0 aromatic heterocycles. The molecule has 26 heavy (non-hydrogen) atoms. The highest BCUT2D eigenvalue weighted by molar-refractivity contribution is 5.84. The fourth-order valence-corrected chi connectivity index (χ4v) is 3.94. The van der Waals surface area contributed by atoms with Crippen LogP contribution in [0.3, 0.4) is 0 Å². The summed E-state index contributed by atoms with van der Waals surface area (Å²) in [6.45, 7) is 0. The van der Waals surface area contributed by atoms with Crippen molar-refractivity contribution < 1.29 is 24.5 Å². The lowest BCUT2D eigenvalue weighted by Gasteiger charge is -2.32. The second-order valence-corrected chi connectivity index (χ2v) is 7.09. The topological polar surface area (TPSA) is 110 Å². The van der Waals surface area contributed by atoms with Crippen LogP contribution in [0.15, 0.2) is 48.1 Å². The van der Waals surface area contributed by atoms with Gasteiger partial charge in [0.1, 0.15) is 11.6 Å². The van der Waals surface area contributed by atoms with Crippen molar-refractivity contribution in [3.63, 3.8) is 0 Å². The molecule has 1 aliphatic heterocycles. The first-order chi connectivity index (χ1) is 12.4. The van der Waals surface area contributed by atoms with E-state index in [2.05, 4.69) is 0 Å². The Kier molecular flexibility index (Phi) is 3.73. The van der Waals surface area contributed by atoms with Crippen molar-refractivity contribution in [1.82, 2.24) is 0 Å². The Balaban J connectivity index is 1.68. The van der Waals surface area contributed by atoms with Crippen LogP contribution in [0.25, 0.3) is 11.8 Å². The molecule has 0 spiro atoms. The predicted octanol–water partition coefficient (Wildman–Crippen LogP) is 0.363. The molecule has 6 nitrogen and oxygen atoms in total. The monoisotopic (exact) mass is 353 g/mol. The summed E-state index contributed by atoms with van der Waals surface area (Å²) in [5.74, 6) is -3.44. The van der Waals surface area contributed by atoms with Gasteiger partial charge in [0.25, 0.3) is 0 Å². The van der Waals surface area contributed by atoms with Crippen molar-refractivity contribution in [3.8, 4) is 0 Å². The Labute approximate surface area is 149 Å². The number of allylic oxidation sites excluding steroid dienone is 2. The molecule has 0 amide bonds. The van der Waals surface area contributed by atoms with Crippen molar-refractivity contribution in [3.05, 3.63) is 58.5 Å². The summed E-state index contributed by atoms with van der Waals surface area (Å²) in [5, 5.41) is 20.9. The average Bonchev–Trinajstić information content (AvgIpc) is 3.43. The Hall–Kier alpha value is -2.86. The molecule has 4 atom stereocenters. The van der Waals surface area contributed by atoms with Crippen LogP contribution >= 0.6 is 0 Å².